The average Bonchev–Trinajstić information content (AvgIpc) is 3.19. The minimum Gasteiger partial charge on any atom is -0.367 e. The van der Waals surface area contributed by atoms with Crippen molar-refractivity contribution in [1.29, 1.82) is 0 Å². The van der Waals surface area contributed by atoms with E-state index in [1.165, 1.54) is 36.0 Å². The van der Waals surface area contributed by atoms with Gasteiger partial charge in [-0.05, 0) is 60.5 Å². The van der Waals surface area contributed by atoms with Crippen molar-refractivity contribution in [1.82, 2.24) is 9.55 Å². The third-order valence-corrected chi connectivity index (χ3v) is 7.13. The molecule has 2 heterocycles. The zero-order valence-electron chi connectivity index (χ0n) is 18.2. The van der Waals surface area contributed by atoms with E-state index in [2.05, 4.69) is 0 Å². The molecule has 4 aromatic rings. The van der Waals surface area contributed by atoms with Crippen molar-refractivity contribution < 1.29 is 17.9 Å². The van der Waals surface area contributed by atoms with Gasteiger partial charge < -0.3 is 4.74 Å². The third-order valence-electron chi connectivity index (χ3n) is 5.81. The van der Waals surface area contributed by atoms with E-state index in [1.807, 2.05) is 4.57 Å². The van der Waals surface area contributed by atoms with E-state index in [0.717, 1.165) is 17.0 Å². The summed E-state index contributed by atoms with van der Waals surface area (Å²) >= 11 is 7.57. The number of aryl methyl sites for hydroxylation is 1. The first kappa shape index (κ1) is 23.0. The van der Waals surface area contributed by atoms with Gasteiger partial charge in [0.05, 0.1) is 18.0 Å². The molecule has 174 valence electrons. The number of hydrogen-bond donors (Lipinski definition) is 0. The van der Waals surface area contributed by atoms with Crippen molar-refractivity contribution in [2.45, 2.75) is 30.4 Å². The minimum atomic E-state index is -0.480. The Kier molecular flexibility index (Phi) is 6.42. The summed E-state index contributed by atoms with van der Waals surface area (Å²) < 4.78 is 50.1. The van der Waals surface area contributed by atoms with Crippen molar-refractivity contribution in [3.63, 3.8) is 0 Å². The second-order valence-corrected chi connectivity index (χ2v) is 9.39. The molecule has 5 rings (SSSR count). The number of aromatic nitrogens is 2. The molecule has 0 radical (unpaired) electrons. The largest absolute Gasteiger partial charge is 0.367 e. The maximum atomic E-state index is 14.4. The van der Waals surface area contributed by atoms with E-state index in [-0.39, 0.29) is 23.2 Å². The number of ether oxygens (including phenoxy) is 1. The van der Waals surface area contributed by atoms with Crippen LogP contribution in [0.25, 0.3) is 5.69 Å². The second-order valence-electron chi connectivity index (χ2n) is 8.04. The van der Waals surface area contributed by atoms with E-state index in [4.69, 9.17) is 21.3 Å². The Morgan fingerprint density at radius 2 is 1.85 bits per heavy atom. The van der Waals surface area contributed by atoms with Gasteiger partial charge in [-0.2, -0.15) is 0 Å². The summed E-state index contributed by atoms with van der Waals surface area (Å²) in [5.41, 5.74) is 4.05. The lowest BCUT2D eigenvalue weighted by Gasteiger charge is -2.26. The van der Waals surface area contributed by atoms with Crippen LogP contribution in [0.2, 0.25) is 5.02 Å². The Balaban J connectivity index is 1.62. The van der Waals surface area contributed by atoms with Gasteiger partial charge in [0, 0.05) is 28.4 Å². The lowest BCUT2D eigenvalue weighted by Crippen LogP contribution is -2.20. The van der Waals surface area contributed by atoms with Gasteiger partial charge in [-0.1, -0.05) is 41.6 Å². The van der Waals surface area contributed by atoms with Gasteiger partial charge in [-0.3, -0.25) is 4.57 Å². The van der Waals surface area contributed by atoms with Gasteiger partial charge in [0.25, 0.3) is 0 Å². The molecule has 1 aliphatic heterocycles. The minimum absolute atomic E-state index is 0.268. The van der Waals surface area contributed by atoms with E-state index < -0.39 is 6.10 Å². The van der Waals surface area contributed by atoms with Crippen LogP contribution in [0.1, 0.15) is 34.2 Å². The average molecular weight is 501 g/mol. The van der Waals surface area contributed by atoms with Gasteiger partial charge in [-0.25, -0.2) is 18.2 Å². The molecule has 1 aromatic heterocycles. The Bertz CT molecular complexity index is 1340. The van der Waals surface area contributed by atoms with Crippen LogP contribution in [0.4, 0.5) is 13.2 Å². The van der Waals surface area contributed by atoms with E-state index >= 15 is 0 Å². The smallest absolute Gasteiger partial charge is 0.173 e. The number of halogens is 4. The molecule has 0 saturated heterocycles. The predicted molar refractivity (Wildman–Crippen MR) is 127 cm³/mol. The summed E-state index contributed by atoms with van der Waals surface area (Å²) in [5.74, 6) is -0.756. The molecular weight excluding hydrogens is 481 g/mol. The molecular formula is C26H20ClF3N2OS. The van der Waals surface area contributed by atoms with Crippen molar-refractivity contribution >= 4 is 23.4 Å². The Morgan fingerprint density at radius 1 is 1.06 bits per heavy atom. The van der Waals surface area contributed by atoms with Gasteiger partial charge in [0.1, 0.15) is 23.6 Å². The zero-order chi connectivity index (χ0) is 23.8. The van der Waals surface area contributed by atoms with Gasteiger partial charge in [0.2, 0.25) is 0 Å². The van der Waals surface area contributed by atoms with Crippen molar-refractivity contribution in [3.8, 4) is 5.69 Å². The highest BCUT2D eigenvalue weighted by atomic mass is 35.5. The van der Waals surface area contributed by atoms with Crippen molar-refractivity contribution in [3.05, 3.63) is 111 Å². The first-order valence-corrected chi connectivity index (χ1v) is 12.1. The molecule has 0 bridgehead atoms. The highest BCUT2D eigenvalue weighted by Crippen LogP contribution is 2.39. The number of imidazole rings is 1. The summed E-state index contributed by atoms with van der Waals surface area (Å²) in [7, 11) is 0. The molecule has 0 spiro atoms. The molecule has 3 aromatic carbocycles. The molecule has 34 heavy (non-hydrogen) atoms. The molecule has 0 N–H and O–H groups in total. The van der Waals surface area contributed by atoms with Gasteiger partial charge >= 0.3 is 0 Å². The molecule has 0 fully saturated rings. The van der Waals surface area contributed by atoms with Crippen molar-refractivity contribution in [2.24, 2.45) is 0 Å². The van der Waals surface area contributed by atoms with E-state index in [9.17, 15) is 13.2 Å². The highest BCUT2D eigenvalue weighted by molar-refractivity contribution is 7.98. The van der Waals surface area contributed by atoms with Crippen LogP contribution < -0.4 is 0 Å². The number of benzene rings is 3. The molecule has 1 atom stereocenters. The maximum Gasteiger partial charge on any atom is 0.173 e. The summed E-state index contributed by atoms with van der Waals surface area (Å²) in [6.07, 6.45) is 0.112. The third kappa shape index (κ3) is 4.35. The van der Waals surface area contributed by atoms with E-state index in [1.54, 1.807) is 43.3 Å². The molecule has 1 unspecified atom stereocenters. The van der Waals surface area contributed by atoms with Crippen LogP contribution in [-0.2, 0) is 16.9 Å². The Morgan fingerprint density at radius 3 is 2.59 bits per heavy atom. The molecule has 0 amide bonds. The van der Waals surface area contributed by atoms with E-state index in [0.29, 0.717) is 40.0 Å². The maximum absolute atomic E-state index is 14.4. The second kappa shape index (κ2) is 9.49. The van der Waals surface area contributed by atoms with Crippen LogP contribution in [0.5, 0.6) is 0 Å². The quantitative estimate of drug-likeness (QED) is 0.271. The SMILES string of the molecule is Cc1cc(C2OCCc3nc(SCc4c(F)cccc4Cl)n(-c4ccc(F)cc4)c32)ccc1F. The fraction of sp³-hybridized carbons (Fsp3) is 0.192. The molecule has 3 nitrogen and oxygen atoms in total. The molecule has 8 heteroatoms. The monoisotopic (exact) mass is 500 g/mol. The van der Waals surface area contributed by atoms with Crippen LogP contribution in [0.15, 0.2) is 65.8 Å². The number of fused-ring (bicyclic) bond motifs is 1. The van der Waals surface area contributed by atoms with Crippen LogP contribution in [0, 0.1) is 24.4 Å². The topological polar surface area (TPSA) is 27.1 Å². The van der Waals surface area contributed by atoms with Crippen LogP contribution in [-0.4, -0.2) is 16.2 Å². The first-order valence-electron chi connectivity index (χ1n) is 10.7. The number of rotatable bonds is 5. The predicted octanol–water partition coefficient (Wildman–Crippen LogP) is 7.21. The van der Waals surface area contributed by atoms with Crippen LogP contribution in [0.3, 0.4) is 0 Å². The lowest BCUT2D eigenvalue weighted by molar-refractivity contribution is 0.0647. The summed E-state index contributed by atoms with van der Waals surface area (Å²) in [6, 6.07) is 15.6. The summed E-state index contributed by atoms with van der Waals surface area (Å²) in [5, 5.41) is 0.963. The van der Waals surface area contributed by atoms with Gasteiger partial charge in [0.15, 0.2) is 5.16 Å². The number of nitrogens with zero attached hydrogens (tertiary/aromatic N) is 2. The molecule has 1 aliphatic rings. The van der Waals surface area contributed by atoms with Gasteiger partial charge in [-0.15, -0.1) is 0 Å². The molecule has 0 aliphatic carbocycles. The summed E-state index contributed by atoms with van der Waals surface area (Å²) in [6.45, 7) is 2.16. The van der Waals surface area contributed by atoms with Crippen molar-refractivity contribution in [2.75, 3.05) is 6.61 Å². The highest BCUT2D eigenvalue weighted by Gasteiger charge is 2.31. The number of thioether (sulfide) groups is 1. The normalized spacial score (nSPS) is 15.4. The fourth-order valence-corrected chi connectivity index (χ4v) is 5.47. The zero-order valence-corrected chi connectivity index (χ0v) is 19.8. The Labute approximate surface area is 204 Å². The first-order chi connectivity index (χ1) is 16.4. The summed E-state index contributed by atoms with van der Waals surface area (Å²) in [4.78, 5) is 4.85. The lowest BCUT2D eigenvalue weighted by atomic mass is 9.99. The molecule has 0 saturated carbocycles. The number of hydrogen-bond acceptors (Lipinski definition) is 3. The van der Waals surface area contributed by atoms with Crippen LogP contribution >= 0.6 is 23.4 Å². The Hall–Kier alpha value is -2.74. The standard InChI is InChI=1S/C26H20ClF3N2OS/c1-15-13-16(5-10-21(15)29)25-24-23(11-12-33-25)31-26(32(24)18-8-6-17(28)7-9-18)34-14-19-20(27)3-2-4-22(19)30/h2-10,13,25H,11-12,14H2,1H3. The fourth-order valence-electron chi connectivity index (χ4n) is 4.09.